The normalized spacial score (nSPS) is 15.4. The van der Waals surface area contributed by atoms with E-state index in [4.69, 9.17) is 11.6 Å². The molecular formula is C17H18ClFN4O. The number of amides is 1. The molecule has 0 N–H and O–H groups in total. The van der Waals surface area contributed by atoms with Crippen LogP contribution in [0.5, 0.6) is 0 Å². The van der Waals surface area contributed by atoms with E-state index in [1.165, 1.54) is 24.3 Å². The minimum atomic E-state index is -0.338. The Labute approximate surface area is 145 Å². The molecule has 0 aliphatic carbocycles. The van der Waals surface area contributed by atoms with Gasteiger partial charge in [-0.1, -0.05) is 11.6 Å². The molecule has 0 saturated carbocycles. The summed E-state index contributed by atoms with van der Waals surface area (Å²) < 4.78 is 13.0. The molecule has 1 fully saturated rings. The average Bonchev–Trinajstić information content (AvgIpc) is 2.62. The van der Waals surface area contributed by atoms with Crippen molar-refractivity contribution in [1.29, 1.82) is 0 Å². The molecule has 2 aromatic rings. The molecule has 1 amide bonds. The van der Waals surface area contributed by atoms with Crippen LogP contribution in [-0.2, 0) is 0 Å². The summed E-state index contributed by atoms with van der Waals surface area (Å²) in [6.07, 6.45) is 4.81. The molecule has 0 spiro atoms. The quantitative estimate of drug-likeness (QED) is 0.855. The number of hydrogen-bond acceptors (Lipinski definition) is 4. The fraction of sp³-hybridized carbons (Fsp3) is 0.353. The molecule has 0 bridgehead atoms. The number of carbonyl (C=O) groups excluding carboxylic acids is 1. The molecule has 1 aliphatic rings. The number of hydrogen-bond donors (Lipinski definition) is 0. The molecule has 2 heterocycles. The van der Waals surface area contributed by atoms with Crippen LogP contribution in [0.1, 0.15) is 23.2 Å². The standard InChI is InChI=1S/C17H18ClFN4O/c1-22(17-20-10-13(18)11-21-17)15-6-8-23(9-7-15)16(24)12-2-4-14(19)5-3-12/h2-5,10-11,15H,6-9H2,1H3. The van der Waals surface area contributed by atoms with Gasteiger partial charge in [0.25, 0.3) is 5.91 Å². The maximum atomic E-state index is 13.0. The molecule has 0 radical (unpaired) electrons. The zero-order chi connectivity index (χ0) is 17.1. The summed E-state index contributed by atoms with van der Waals surface area (Å²) in [5.74, 6) is 0.233. The highest BCUT2D eigenvalue weighted by atomic mass is 35.5. The molecule has 24 heavy (non-hydrogen) atoms. The van der Waals surface area contributed by atoms with E-state index in [0.29, 0.717) is 29.6 Å². The van der Waals surface area contributed by atoms with E-state index >= 15 is 0 Å². The summed E-state index contributed by atoms with van der Waals surface area (Å²) >= 11 is 5.81. The second-order valence-electron chi connectivity index (χ2n) is 5.84. The lowest BCUT2D eigenvalue weighted by atomic mass is 10.0. The van der Waals surface area contributed by atoms with Crippen molar-refractivity contribution in [2.24, 2.45) is 0 Å². The van der Waals surface area contributed by atoms with Gasteiger partial charge in [0, 0.05) is 31.7 Å². The van der Waals surface area contributed by atoms with Gasteiger partial charge in [0.1, 0.15) is 5.82 Å². The van der Waals surface area contributed by atoms with Gasteiger partial charge in [-0.2, -0.15) is 0 Å². The van der Waals surface area contributed by atoms with Gasteiger partial charge in [0.15, 0.2) is 0 Å². The van der Waals surface area contributed by atoms with Gasteiger partial charge in [0.2, 0.25) is 5.95 Å². The molecule has 5 nitrogen and oxygen atoms in total. The summed E-state index contributed by atoms with van der Waals surface area (Å²) in [5, 5.41) is 0.506. The average molecular weight is 349 g/mol. The summed E-state index contributed by atoms with van der Waals surface area (Å²) in [4.78, 5) is 24.7. The third-order valence-electron chi connectivity index (χ3n) is 4.31. The van der Waals surface area contributed by atoms with E-state index in [1.807, 2.05) is 11.9 Å². The first kappa shape index (κ1) is 16.6. The van der Waals surface area contributed by atoms with Crippen LogP contribution in [0, 0.1) is 5.82 Å². The maximum absolute atomic E-state index is 13.0. The number of halogens is 2. The second kappa shape index (κ2) is 7.13. The van der Waals surface area contributed by atoms with Crippen molar-refractivity contribution in [2.45, 2.75) is 18.9 Å². The number of carbonyl (C=O) groups is 1. The van der Waals surface area contributed by atoms with E-state index in [2.05, 4.69) is 9.97 Å². The van der Waals surface area contributed by atoms with Gasteiger partial charge < -0.3 is 9.80 Å². The van der Waals surface area contributed by atoms with E-state index < -0.39 is 0 Å². The van der Waals surface area contributed by atoms with Crippen molar-refractivity contribution in [3.05, 3.63) is 53.1 Å². The Morgan fingerprint density at radius 3 is 2.38 bits per heavy atom. The van der Waals surface area contributed by atoms with Crippen LogP contribution in [0.4, 0.5) is 10.3 Å². The Hall–Kier alpha value is -2.21. The topological polar surface area (TPSA) is 49.3 Å². The van der Waals surface area contributed by atoms with Gasteiger partial charge in [0.05, 0.1) is 17.4 Å². The molecular weight excluding hydrogens is 331 g/mol. The largest absolute Gasteiger partial charge is 0.341 e. The second-order valence-corrected chi connectivity index (χ2v) is 6.28. The van der Waals surface area contributed by atoms with Crippen molar-refractivity contribution in [3.63, 3.8) is 0 Å². The highest BCUT2D eigenvalue weighted by Gasteiger charge is 2.26. The molecule has 3 rings (SSSR count). The Morgan fingerprint density at radius 1 is 1.21 bits per heavy atom. The Morgan fingerprint density at radius 2 is 1.79 bits per heavy atom. The van der Waals surface area contributed by atoms with Crippen LogP contribution in [-0.4, -0.2) is 47.0 Å². The molecule has 0 unspecified atom stereocenters. The van der Waals surface area contributed by atoms with E-state index in [-0.39, 0.29) is 17.8 Å². The van der Waals surface area contributed by atoms with E-state index in [9.17, 15) is 9.18 Å². The summed E-state index contributed by atoms with van der Waals surface area (Å²) in [5.41, 5.74) is 0.518. The Bertz CT molecular complexity index is 700. The molecule has 0 atom stereocenters. The van der Waals surface area contributed by atoms with Gasteiger partial charge in [-0.05, 0) is 37.1 Å². The first-order valence-electron chi connectivity index (χ1n) is 7.80. The van der Waals surface area contributed by atoms with Crippen LogP contribution in [0.25, 0.3) is 0 Å². The third kappa shape index (κ3) is 3.64. The number of nitrogens with zero attached hydrogens (tertiary/aromatic N) is 4. The first-order chi connectivity index (χ1) is 11.5. The highest BCUT2D eigenvalue weighted by Crippen LogP contribution is 2.21. The van der Waals surface area contributed by atoms with Crippen LogP contribution in [0.3, 0.4) is 0 Å². The van der Waals surface area contributed by atoms with Crippen molar-refractivity contribution >= 4 is 23.5 Å². The van der Waals surface area contributed by atoms with Crippen molar-refractivity contribution in [3.8, 4) is 0 Å². The monoisotopic (exact) mass is 348 g/mol. The van der Waals surface area contributed by atoms with Gasteiger partial charge in [-0.3, -0.25) is 4.79 Å². The predicted molar refractivity (Wildman–Crippen MR) is 90.8 cm³/mol. The van der Waals surface area contributed by atoms with Gasteiger partial charge in [-0.25, -0.2) is 14.4 Å². The molecule has 1 aromatic heterocycles. The SMILES string of the molecule is CN(c1ncc(Cl)cn1)C1CCN(C(=O)c2ccc(F)cc2)CC1. The summed E-state index contributed by atoms with van der Waals surface area (Å²) in [6.45, 7) is 1.30. The van der Waals surface area contributed by atoms with E-state index in [0.717, 1.165) is 12.8 Å². The number of aromatic nitrogens is 2. The lowest BCUT2D eigenvalue weighted by molar-refractivity contribution is 0.0713. The lowest BCUT2D eigenvalue weighted by Crippen LogP contribution is -2.46. The summed E-state index contributed by atoms with van der Waals surface area (Å²) in [6, 6.07) is 5.94. The van der Waals surface area contributed by atoms with Crippen LogP contribution in [0.2, 0.25) is 5.02 Å². The highest BCUT2D eigenvalue weighted by molar-refractivity contribution is 6.30. The first-order valence-corrected chi connectivity index (χ1v) is 8.17. The molecule has 126 valence electrons. The third-order valence-corrected chi connectivity index (χ3v) is 4.51. The van der Waals surface area contributed by atoms with Crippen molar-refractivity contribution in [2.75, 3.05) is 25.0 Å². The van der Waals surface area contributed by atoms with Crippen LogP contribution in [0.15, 0.2) is 36.7 Å². The van der Waals surface area contributed by atoms with Gasteiger partial charge >= 0.3 is 0 Å². The number of likely N-dealkylation sites (tertiary alicyclic amines) is 1. The molecule has 1 saturated heterocycles. The minimum absolute atomic E-state index is 0.0566. The molecule has 7 heteroatoms. The smallest absolute Gasteiger partial charge is 0.253 e. The number of piperidine rings is 1. The summed E-state index contributed by atoms with van der Waals surface area (Å²) in [7, 11) is 1.95. The van der Waals surface area contributed by atoms with Crippen molar-refractivity contribution in [1.82, 2.24) is 14.9 Å². The molecule has 1 aromatic carbocycles. The Kier molecular flexibility index (Phi) is 4.94. The number of anilines is 1. The minimum Gasteiger partial charge on any atom is -0.341 e. The predicted octanol–water partition coefficient (Wildman–Crippen LogP) is 3.01. The van der Waals surface area contributed by atoms with Crippen molar-refractivity contribution < 1.29 is 9.18 Å². The number of rotatable bonds is 3. The zero-order valence-electron chi connectivity index (χ0n) is 13.3. The fourth-order valence-electron chi connectivity index (χ4n) is 2.88. The number of benzene rings is 1. The maximum Gasteiger partial charge on any atom is 0.253 e. The van der Waals surface area contributed by atoms with Gasteiger partial charge in [-0.15, -0.1) is 0 Å². The zero-order valence-corrected chi connectivity index (χ0v) is 14.1. The Balaban J connectivity index is 1.60. The lowest BCUT2D eigenvalue weighted by Gasteiger charge is -2.36. The van der Waals surface area contributed by atoms with E-state index in [1.54, 1.807) is 17.3 Å². The molecule has 1 aliphatic heterocycles. The fourth-order valence-corrected chi connectivity index (χ4v) is 2.98. The van der Waals surface area contributed by atoms with Crippen LogP contribution < -0.4 is 4.90 Å². The van der Waals surface area contributed by atoms with Crippen LogP contribution >= 0.6 is 11.6 Å².